The van der Waals surface area contributed by atoms with Crippen LogP contribution in [-0.2, 0) is 11.3 Å². The number of halogens is 3. The van der Waals surface area contributed by atoms with Crippen LogP contribution in [-0.4, -0.2) is 39.2 Å². The number of hydrogen-bond acceptors (Lipinski definition) is 4. The number of ketones is 1. The van der Waals surface area contributed by atoms with E-state index in [4.69, 9.17) is 4.74 Å². The first kappa shape index (κ1) is 14.6. The Labute approximate surface area is 102 Å². The molecule has 0 spiro atoms. The highest BCUT2D eigenvalue weighted by molar-refractivity contribution is 5.98. The Morgan fingerprint density at radius 3 is 2.50 bits per heavy atom. The lowest BCUT2D eigenvalue weighted by atomic mass is 10.2. The first-order valence-electron chi connectivity index (χ1n) is 5.25. The molecular weight excluding hydrogens is 251 g/mol. The molecule has 0 N–H and O–H groups in total. The molecular formula is C10H14F3N3O2. The topological polar surface area (TPSA) is 57.0 Å². The lowest BCUT2D eigenvalue weighted by molar-refractivity contribution is -0.0888. The highest BCUT2D eigenvalue weighted by Gasteiger charge is 2.41. The molecule has 0 saturated heterocycles. The van der Waals surface area contributed by atoms with Gasteiger partial charge in [0.25, 0.3) is 5.78 Å². The van der Waals surface area contributed by atoms with Gasteiger partial charge in [-0.1, -0.05) is 5.21 Å². The first-order valence-corrected chi connectivity index (χ1v) is 5.25. The average Bonchev–Trinajstić information content (AvgIpc) is 2.61. The van der Waals surface area contributed by atoms with Gasteiger partial charge < -0.3 is 4.74 Å². The van der Waals surface area contributed by atoms with E-state index in [0.717, 1.165) is 10.9 Å². The smallest absolute Gasteiger partial charge is 0.374 e. The second-order valence-electron chi connectivity index (χ2n) is 4.65. The second-order valence-corrected chi connectivity index (χ2v) is 4.65. The third-order valence-electron chi connectivity index (χ3n) is 1.88. The number of alkyl halides is 3. The lowest BCUT2D eigenvalue weighted by Crippen LogP contribution is -2.23. The average molecular weight is 265 g/mol. The molecule has 1 heterocycles. The zero-order chi connectivity index (χ0) is 14.0. The van der Waals surface area contributed by atoms with Gasteiger partial charge in [0, 0.05) is 0 Å². The third kappa shape index (κ3) is 4.44. The second kappa shape index (κ2) is 5.05. The van der Waals surface area contributed by atoms with Crippen LogP contribution in [0.1, 0.15) is 31.3 Å². The summed E-state index contributed by atoms with van der Waals surface area (Å²) < 4.78 is 42.8. The van der Waals surface area contributed by atoms with Crippen LogP contribution in [0.3, 0.4) is 0 Å². The normalized spacial score (nSPS) is 12.8. The highest BCUT2D eigenvalue weighted by Crippen LogP contribution is 2.19. The van der Waals surface area contributed by atoms with Crippen LogP contribution >= 0.6 is 0 Å². The maximum Gasteiger partial charge on any atom is 0.456 e. The van der Waals surface area contributed by atoms with E-state index in [1.165, 1.54) is 0 Å². The van der Waals surface area contributed by atoms with Crippen molar-refractivity contribution in [1.29, 1.82) is 0 Å². The number of Topliss-reactive ketones (excluding diaryl/α,β-unsaturated/α-hetero) is 1. The molecule has 0 aliphatic rings. The molecule has 0 unspecified atom stereocenters. The van der Waals surface area contributed by atoms with E-state index in [1.807, 2.05) is 20.8 Å². The Morgan fingerprint density at radius 1 is 1.39 bits per heavy atom. The van der Waals surface area contributed by atoms with E-state index < -0.39 is 17.7 Å². The van der Waals surface area contributed by atoms with Crippen molar-refractivity contribution >= 4 is 5.78 Å². The maximum atomic E-state index is 12.1. The molecule has 5 nitrogen and oxygen atoms in total. The fourth-order valence-corrected chi connectivity index (χ4v) is 1.10. The summed E-state index contributed by atoms with van der Waals surface area (Å²) in [6, 6.07) is 0. The lowest BCUT2D eigenvalue weighted by Gasteiger charge is -2.19. The zero-order valence-electron chi connectivity index (χ0n) is 10.3. The van der Waals surface area contributed by atoms with Gasteiger partial charge in [-0.15, -0.1) is 5.10 Å². The van der Waals surface area contributed by atoms with Gasteiger partial charge >= 0.3 is 6.18 Å². The number of rotatable bonds is 4. The van der Waals surface area contributed by atoms with Crippen molar-refractivity contribution in [2.24, 2.45) is 0 Å². The van der Waals surface area contributed by atoms with Crippen molar-refractivity contribution in [1.82, 2.24) is 15.0 Å². The Hall–Kier alpha value is -1.44. The zero-order valence-corrected chi connectivity index (χ0v) is 10.3. The van der Waals surface area contributed by atoms with Crippen molar-refractivity contribution in [3.8, 4) is 0 Å². The van der Waals surface area contributed by atoms with E-state index in [0.29, 0.717) is 0 Å². The standard InChI is InChI=1S/C10H14F3N3O2/c1-9(2,3)18-5-4-16-6-7(14-15-16)8(17)10(11,12)13/h6H,4-5H2,1-3H3. The van der Waals surface area contributed by atoms with E-state index in [-0.39, 0.29) is 18.8 Å². The van der Waals surface area contributed by atoms with Crippen LogP contribution in [0.15, 0.2) is 6.20 Å². The number of aromatic nitrogens is 3. The third-order valence-corrected chi connectivity index (χ3v) is 1.88. The number of hydrogen-bond donors (Lipinski definition) is 0. The molecule has 18 heavy (non-hydrogen) atoms. The van der Waals surface area contributed by atoms with E-state index >= 15 is 0 Å². The summed E-state index contributed by atoms with van der Waals surface area (Å²) in [5, 5.41) is 6.62. The molecule has 0 aromatic carbocycles. The van der Waals surface area contributed by atoms with Crippen LogP contribution in [0.5, 0.6) is 0 Å². The van der Waals surface area contributed by atoms with E-state index in [9.17, 15) is 18.0 Å². The van der Waals surface area contributed by atoms with Crippen LogP contribution in [0.2, 0.25) is 0 Å². The Kier molecular flexibility index (Phi) is 4.10. The van der Waals surface area contributed by atoms with Gasteiger partial charge in [-0.25, -0.2) is 4.68 Å². The molecule has 102 valence electrons. The number of carbonyl (C=O) groups excluding carboxylic acids is 1. The van der Waals surface area contributed by atoms with Crippen LogP contribution < -0.4 is 0 Å². The van der Waals surface area contributed by atoms with Crippen molar-refractivity contribution in [3.05, 3.63) is 11.9 Å². The molecule has 1 aromatic rings. The Balaban J connectivity index is 2.57. The summed E-state index contributed by atoms with van der Waals surface area (Å²) in [5.41, 5.74) is -1.05. The van der Waals surface area contributed by atoms with E-state index in [2.05, 4.69) is 10.3 Å². The minimum absolute atomic E-state index is 0.232. The minimum atomic E-state index is -4.93. The fraction of sp³-hybridized carbons (Fsp3) is 0.700. The van der Waals surface area contributed by atoms with Gasteiger partial charge in [-0.3, -0.25) is 4.79 Å². The van der Waals surface area contributed by atoms with Gasteiger partial charge in [0.15, 0.2) is 5.69 Å². The number of ether oxygens (including phenoxy) is 1. The van der Waals surface area contributed by atoms with Crippen molar-refractivity contribution in [3.63, 3.8) is 0 Å². The van der Waals surface area contributed by atoms with Crippen molar-refractivity contribution in [2.45, 2.75) is 39.1 Å². The molecule has 0 aliphatic carbocycles. The SMILES string of the molecule is CC(C)(C)OCCn1cc(C(=O)C(F)(F)F)nn1. The summed E-state index contributed by atoms with van der Waals surface area (Å²) >= 11 is 0. The fourth-order valence-electron chi connectivity index (χ4n) is 1.10. The van der Waals surface area contributed by atoms with Crippen molar-refractivity contribution < 1.29 is 22.7 Å². The molecule has 0 saturated carbocycles. The predicted octanol–water partition coefficient (Wildman–Crippen LogP) is 1.84. The molecule has 0 radical (unpaired) electrons. The summed E-state index contributed by atoms with van der Waals surface area (Å²) in [5.74, 6) is -1.99. The number of nitrogens with zero attached hydrogens (tertiary/aromatic N) is 3. The van der Waals surface area contributed by atoms with Gasteiger partial charge in [0.05, 0.1) is 24.9 Å². The highest BCUT2D eigenvalue weighted by atomic mass is 19.4. The molecule has 8 heteroatoms. The Bertz CT molecular complexity index is 421. The molecule has 0 aliphatic heterocycles. The summed E-state index contributed by atoms with van der Waals surface area (Å²) in [4.78, 5) is 10.8. The molecule has 0 atom stereocenters. The van der Waals surface area contributed by atoms with Gasteiger partial charge in [-0.2, -0.15) is 13.2 Å². The van der Waals surface area contributed by atoms with Gasteiger partial charge in [-0.05, 0) is 20.8 Å². The summed E-state index contributed by atoms with van der Waals surface area (Å²) in [6.45, 7) is 6.06. The molecule has 1 aromatic heterocycles. The Morgan fingerprint density at radius 2 is 2.00 bits per heavy atom. The van der Waals surface area contributed by atoms with Crippen LogP contribution in [0, 0.1) is 0 Å². The largest absolute Gasteiger partial charge is 0.456 e. The van der Waals surface area contributed by atoms with Crippen LogP contribution in [0.4, 0.5) is 13.2 Å². The van der Waals surface area contributed by atoms with Gasteiger partial charge in [0.1, 0.15) is 0 Å². The minimum Gasteiger partial charge on any atom is -0.374 e. The first-order chi connectivity index (χ1) is 8.09. The molecule has 0 bridgehead atoms. The van der Waals surface area contributed by atoms with Crippen LogP contribution in [0.25, 0.3) is 0 Å². The number of carbonyl (C=O) groups is 1. The van der Waals surface area contributed by atoms with Crippen molar-refractivity contribution in [2.75, 3.05) is 6.61 Å². The molecule has 1 rings (SSSR count). The maximum absolute atomic E-state index is 12.1. The molecule has 0 amide bonds. The van der Waals surface area contributed by atoms with E-state index in [1.54, 1.807) is 0 Å². The summed E-state index contributed by atoms with van der Waals surface area (Å²) in [6.07, 6.45) is -3.97. The predicted molar refractivity (Wildman–Crippen MR) is 56.1 cm³/mol. The summed E-state index contributed by atoms with van der Waals surface area (Å²) in [7, 11) is 0. The monoisotopic (exact) mass is 265 g/mol. The van der Waals surface area contributed by atoms with Gasteiger partial charge in [0.2, 0.25) is 0 Å². The quantitative estimate of drug-likeness (QED) is 0.779. The molecule has 0 fully saturated rings.